The molecule has 0 aromatic carbocycles. The van der Waals surface area contributed by atoms with Crippen molar-refractivity contribution in [2.45, 2.75) is 38.5 Å². The molecule has 1 atom stereocenters. The third-order valence-corrected chi connectivity index (χ3v) is 3.60. The number of aliphatic carboxylic acids is 1. The van der Waals surface area contributed by atoms with Crippen LogP contribution < -0.4 is 0 Å². The number of hydrogen-bond acceptors (Lipinski definition) is 1. The van der Waals surface area contributed by atoms with Gasteiger partial charge >= 0.3 is 5.97 Å². The second-order valence-electron chi connectivity index (χ2n) is 4.32. The van der Waals surface area contributed by atoms with Gasteiger partial charge in [-0.3, -0.25) is 4.79 Å². The normalized spacial score (nSPS) is 30.9. The van der Waals surface area contributed by atoms with E-state index in [0.717, 1.165) is 19.3 Å². The minimum Gasteiger partial charge on any atom is -0.481 e. The van der Waals surface area contributed by atoms with Crippen LogP contribution in [0.1, 0.15) is 38.5 Å². The van der Waals surface area contributed by atoms with Crippen molar-refractivity contribution in [3.05, 3.63) is 12.2 Å². The molecule has 0 aromatic rings. The van der Waals surface area contributed by atoms with E-state index in [2.05, 4.69) is 12.2 Å². The number of rotatable bonds is 1. The second kappa shape index (κ2) is 3.17. The molecular weight excluding hydrogens is 164 g/mol. The molecule has 72 valence electrons. The van der Waals surface area contributed by atoms with Crippen molar-refractivity contribution in [1.29, 1.82) is 0 Å². The van der Waals surface area contributed by atoms with E-state index in [-0.39, 0.29) is 11.3 Å². The van der Waals surface area contributed by atoms with E-state index in [9.17, 15) is 4.79 Å². The molecule has 1 unspecified atom stereocenters. The Morgan fingerprint density at radius 1 is 1.31 bits per heavy atom. The largest absolute Gasteiger partial charge is 0.481 e. The summed E-state index contributed by atoms with van der Waals surface area (Å²) in [7, 11) is 0. The van der Waals surface area contributed by atoms with Crippen LogP contribution in [0.4, 0.5) is 0 Å². The van der Waals surface area contributed by atoms with E-state index in [1.54, 1.807) is 0 Å². The summed E-state index contributed by atoms with van der Waals surface area (Å²) in [6.45, 7) is 0. The van der Waals surface area contributed by atoms with E-state index in [0.29, 0.717) is 0 Å². The molecule has 2 aliphatic carbocycles. The second-order valence-corrected chi connectivity index (χ2v) is 4.32. The molecule has 2 aliphatic rings. The van der Waals surface area contributed by atoms with E-state index in [4.69, 9.17) is 5.11 Å². The smallest absolute Gasteiger partial charge is 0.307 e. The molecule has 0 amide bonds. The molecule has 13 heavy (non-hydrogen) atoms. The molecule has 2 heteroatoms. The quantitative estimate of drug-likeness (QED) is 0.630. The van der Waals surface area contributed by atoms with Crippen molar-refractivity contribution >= 4 is 5.97 Å². The monoisotopic (exact) mass is 180 g/mol. The Labute approximate surface area is 78.6 Å². The first kappa shape index (κ1) is 8.79. The Morgan fingerprint density at radius 2 is 2.00 bits per heavy atom. The Bertz CT molecular complexity index is 236. The van der Waals surface area contributed by atoms with Crippen LogP contribution in [-0.4, -0.2) is 11.1 Å². The Morgan fingerprint density at radius 3 is 2.62 bits per heavy atom. The summed E-state index contributed by atoms with van der Waals surface area (Å²) in [5.74, 6) is -0.736. The number of carbonyl (C=O) groups is 1. The minimum absolute atomic E-state index is 0.0318. The lowest BCUT2D eigenvalue weighted by Gasteiger charge is -2.35. The molecule has 0 saturated heterocycles. The van der Waals surface area contributed by atoms with Crippen molar-refractivity contribution in [3.8, 4) is 0 Å². The molecule has 1 fully saturated rings. The lowest BCUT2D eigenvalue weighted by Crippen LogP contribution is -2.33. The fraction of sp³-hybridized carbons (Fsp3) is 0.727. The highest BCUT2D eigenvalue weighted by Gasteiger charge is 2.43. The maximum atomic E-state index is 11.0. The van der Waals surface area contributed by atoms with Crippen molar-refractivity contribution < 1.29 is 9.90 Å². The first-order chi connectivity index (χ1) is 6.25. The molecule has 1 spiro atoms. The molecule has 0 aromatic heterocycles. The van der Waals surface area contributed by atoms with Gasteiger partial charge in [-0.2, -0.15) is 0 Å². The van der Waals surface area contributed by atoms with Gasteiger partial charge in [0.25, 0.3) is 0 Å². The summed E-state index contributed by atoms with van der Waals surface area (Å²) >= 11 is 0. The highest BCUT2D eigenvalue weighted by molar-refractivity contribution is 5.72. The lowest BCUT2D eigenvalue weighted by molar-refractivity contribution is -0.145. The van der Waals surface area contributed by atoms with Crippen LogP contribution in [0.5, 0.6) is 0 Å². The predicted octanol–water partition coefficient (Wildman–Crippen LogP) is 2.60. The third kappa shape index (κ3) is 1.38. The van der Waals surface area contributed by atoms with Gasteiger partial charge in [-0.05, 0) is 19.3 Å². The lowest BCUT2D eigenvalue weighted by atomic mass is 9.68. The summed E-state index contributed by atoms with van der Waals surface area (Å²) in [6, 6.07) is 0. The summed E-state index contributed by atoms with van der Waals surface area (Å²) < 4.78 is 0. The van der Waals surface area contributed by atoms with Crippen molar-refractivity contribution in [2.24, 2.45) is 11.3 Å². The number of allylic oxidation sites excluding steroid dienone is 2. The molecular formula is C11H16O2. The van der Waals surface area contributed by atoms with Gasteiger partial charge < -0.3 is 5.11 Å². The first-order valence-corrected chi connectivity index (χ1v) is 5.15. The molecule has 0 bridgehead atoms. The fourth-order valence-electron chi connectivity index (χ4n) is 2.86. The van der Waals surface area contributed by atoms with E-state index in [1.807, 2.05) is 0 Å². The van der Waals surface area contributed by atoms with Gasteiger partial charge in [0.15, 0.2) is 0 Å². The summed E-state index contributed by atoms with van der Waals surface area (Å²) in [5, 5.41) is 9.09. The van der Waals surface area contributed by atoms with Crippen LogP contribution in [-0.2, 0) is 4.79 Å². The van der Waals surface area contributed by atoms with Crippen LogP contribution in [0, 0.1) is 11.3 Å². The number of hydrogen-bond donors (Lipinski definition) is 1. The standard InChI is InChI=1S/C11H16O2/c12-10(13)9-5-4-8-11(9)6-2-1-3-7-11/h4,8-9H,1-3,5-7H2,(H,12,13). The maximum Gasteiger partial charge on any atom is 0.307 e. The summed E-state index contributed by atoms with van der Waals surface area (Å²) in [6.07, 6.45) is 10.8. The highest BCUT2D eigenvalue weighted by atomic mass is 16.4. The summed E-state index contributed by atoms with van der Waals surface area (Å²) in [5.41, 5.74) is 0.0318. The van der Waals surface area contributed by atoms with Gasteiger partial charge in [-0.15, -0.1) is 0 Å². The van der Waals surface area contributed by atoms with Crippen LogP contribution in [0.2, 0.25) is 0 Å². The highest BCUT2D eigenvalue weighted by Crippen LogP contribution is 2.48. The molecule has 0 heterocycles. The van der Waals surface area contributed by atoms with Gasteiger partial charge in [0.2, 0.25) is 0 Å². The molecule has 2 rings (SSSR count). The van der Waals surface area contributed by atoms with E-state index < -0.39 is 5.97 Å². The third-order valence-electron chi connectivity index (χ3n) is 3.60. The molecule has 1 saturated carbocycles. The van der Waals surface area contributed by atoms with Crippen LogP contribution >= 0.6 is 0 Å². The number of carboxylic acid groups (broad SMARTS) is 1. The Balaban J connectivity index is 2.18. The maximum absolute atomic E-state index is 11.0. The van der Waals surface area contributed by atoms with Gasteiger partial charge in [0.1, 0.15) is 0 Å². The Kier molecular flexibility index (Phi) is 2.14. The van der Waals surface area contributed by atoms with E-state index >= 15 is 0 Å². The number of carboxylic acids is 1. The average Bonchev–Trinajstić information content (AvgIpc) is 2.50. The molecule has 0 radical (unpaired) electrons. The fourth-order valence-corrected chi connectivity index (χ4v) is 2.86. The van der Waals surface area contributed by atoms with Crippen LogP contribution in [0.25, 0.3) is 0 Å². The first-order valence-electron chi connectivity index (χ1n) is 5.15. The average molecular weight is 180 g/mol. The van der Waals surface area contributed by atoms with E-state index in [1.165, 1.54) is 19.3 Å². The van der Waals surface area contributed by atoms with Crippen molar-refractivity contribution in [3.63, 3.8) is 0 Å². The molecule has 2 nitrogen and oxygen atoms in total. The van der Waals surface area contributed by atoms with Crippen LogP contribution in [0.3, 0.4) is 0 Å². The van der Waals surface area contributed by atoms with Gasteiger partial charge in [0.05, 0.1) is 5.92 Å². The summed E-state index contributed by atoms with van der Waals surface area (Å²) in [4.78, 5) is 11.0. The van der Waals surface area contributed by atoms with Gasteiger partial charge in [-0.1, -0.05) is 31.4 Å². The molecule has 0 aliphatic heterocycles. The SMILES string of the molecule is O=C(O)C1CC=CC12CCCCC2. The zero-order valence-corrected chi connectivity index (χ0v) is 7.83. The molecule has 1 N–H and O–H groups in total. The zero-order chi connectivity index (χ0) is 9.31. The topological polar surface area (TPSA) is 37.3 Å². The van der Waals surface area contributed by atoms with Crippen molar-refractivity contribution in [1.82, 2.24) is 0 Å². The Hall–Kier alpha value is -0.790. The van der Waals surface area contributed by atoms with Crippen LogP contribution in [0.15, 0.2) is 12.2 Å². The van der Waals surface area contributed by atoms with Crippen molar-refractivity contribution in [2.75, 3.05) is 0 Å². The predicted molar refractivity (Wildman–Crippen MR) is 50.4 cm³/mol. The zero-order valence-electron chi connectivity index (χ0n) is 7.83. The van der Waals surface area contributed by atoms with Gasteiger partial charge in [-0.25, -0.2) is 0 Å². The van der Waals surface area contributed by atoms with Gasteiger partial charge in [0, 0.05) is 5.41 Å². The minimum atomic E-state index is -0.605.